The van der Waals surface area contributed by atoms with Gasteiger partial charge in [-0.3, -0.25) is 9.59 Å². The first kappa shape index (κ1) is 30.2. The van der Waals surface area contributed by atoms with Crippen molar-refractivity contribution >= 4 is 35.2 Å². The van der Waals surface area contributed by atoms with E-state index in [1.165, 1.54) is 0 Å². The number of ether oxygens (including phenoxy) is 1. The van der Waals surface area contributed by atoms with Gasteiger partial charge in [-0.05, 0) is 70.7 Å². The van der Waals surface area contributed by atoms with Crippen molar-refractivity contribution in [1.82, 2.24) is 10.2 Å². The molecule has 0 saturated carbocycles. The first-order valence-electron chi connectivity index (χ1n) is 12.8. The summed E-state index contributed by atoms with van der Waals surface area (Å²) in [7, 11) is 0. The fraction of sp³-hybridized carbons (Fsp3) is 0.483. The fourth-order valence-corrected chi connectivity index (χ4v) is 4.29. The molecule has 37 heavy (non-hydrogen) atoms. The Kier molecular flexibility index (Phi) is 11.0. The maximum atomic E-state index is 13.9. The summed E-state index contributed by atoms with van der Waals surface area (Å²) in [6, 6.07) is 11.1. The van der Waals surface area contributed by atoms with Crippen molar-refractivity contribution in [2.75, 3.05) is 11.9 Å². The van der Waals surface area contributed by atoms with E-state index in [1.807, 2.05) is 50.2 Å². The fourth-order valence-electron chi connectivity index (χ4n) is 4.02. The summed E-state index contributed by atoms with van der Waals surface area (Å²) in [5.41, 5.74) is 2.20. The van der Waals surface area contributed by atoms with Crippen molar-refractivity contribution in [3.8, 4) is 0 Å². The van der Waals surface area contributed by atoms with Gasteiger partial charge in [-0.25, -0.2) is 4.79 Å². The average molecular weight is 530 g/mol. The van der Waals surface area contributed by atoms with Crippen LogP contribution in [0.5, 0.6) is 0 Å². The zero-order chi connectivity index (χ0) is 27.8. The van der Waals surface area contributed by atoms with Gasteiger partial charge in [0, 0.05) is 6.54 Å². The Morgan fingerprint density at radius 3 is 2.24 bits per heavy atom. The summed E-state index contributed by atoms with van der Waals surface area (Å²) in [6.45, 7) is 13.1. The van der Waals surface area contributed by atoms with Crippen LogP contribution in [0, 0.1) is 13.8 Å². The molecule has 0 radical (unpaired) electrons. The highest BCUT2D eigenvalue weighted by Crippen LogP contribution is 2.30. The molecule has 0 spiro atoms. The van der Waals surface area contributed by atoms with Crippen LogP contribution in [0.4, 0.5) is 10.5 Å². The summed E-state index contributed by atoms with van der Waals surface area (Å²) in [5, 5.41) is 6.01. The number of nitrogens with one attached hydrogen (secondary N) is 2. The summed E-state index contributed by atoms with van der Waals surface area (Å²) in [6.07, 6.45) is 1.87. The second kappa shape index (κ2) is 13.5. The number of rotatable bonds is 10. The summed E-state index contributed by atoms with van der Waals surface area (Å²) < 4.78 is 5.34. The Hall–Kier alpha value is -3.06. The molecule has 2 aromatic rings. The van der Waals surface area contributed by atoms with Crippen molar-refractivity contribution in [1.29, 1.82) is 0 Å². The van der Waals surface area contributed by atoms with Gasteiger partial charge in [-0.1, -0.05) is 67.8 Å². The van der Waals surface area contributed by atoms with Gasteiger partial charge in [0.15, 0.2) is 0 Å². The predicted octanol–water partition coefficient (Wildman–Crippen LogP) is 6.57. The third-order valence-corrected chi connectivity index (χ3v) is 6.22. The highest BCUT2D eigenvalue weighted by Gasteiger charge is 2.35. The minimum Gasteiger partial charge on any atom is -0.444 e. The highest BCUT2D eigenvalue weighted by molar-refractivity contribution is 6.34. The van der Waals surface area contributed by atoms with E-state index >= 15 is 0 Å². The number of para-hydroxylation sites is 1. The first-order chi connectivity index (χ1) is 17.4. The molecule has 0 aliphatic carbocycles. The molecule has 2 atom stereocenters. The number of halogens is 1. The van der Waals surface area contributed by atoms with Gasteiger partial charge >= 0.3 is 6.09 Å². The van der Waals surface area contributed by atoms with E-state index < -0.39 is 23.8 Å². The molecule has 0 fully saturated rings. The number of anilines is 1. The number of unbranched alkanes of at least 4 members (excludes halogenated alkanes) is 2. The number of amides is 3. The van der Waals surface area contributed by atoms with Crippen LogP contribution >= 0.6 is 11.6 Å². The molecule has 0 bridgehead atoms. The zero-order valence-corrected chi connectivity index (χ0v) is 23.7. The van der Waals surface area contributed by atoms with Gasteiger partial charge in [0.1, 0.15) is 17.7 Å². The smallest absolute Gasteiger partial charge is 0.408 e. The normalized spacial score (nSPS) is 12.9. The van der Waals surface area contributed by atoms with E-state index in [0.717, 1.165) is 24.0 Å². The van der Waals surface area contributed by atoms with Crippen LogP contribution in [0.2, 0.25) is 5.02 Å². The molecule has 0 saturated heterocycles. The number of hydrogen-bond donors (Lipinski definition) is 2. The average Bonchev–Trinajstić information content (AvgIpc) is 2.80. The van der Waals surface area contributed by atoms with Crippen LogP contribution in [0.15, 0.2) is 42.5 Å². The molecule has 8 heteroatoms. The number of carbonyl (C=O) groups is 3. The third-order valence-electron chi connectivity index (χ3n) is 5.90. The second-order valence-corrected chi connectivity index (χ2v) is 10.7. The van der Waals surface area contributed by atoms with Gasteiger partial charge in [0.05, 0.1) is 10.7 Å². The van der Waals surface area contributed by atoms with Crippen LogP contribution < -0.4 is 10.6 Å². The number of nitrogens with zero attached hydrogens (tertiary/aromatic N) is 1. The largest absolute Gasteiger partial charge is 0.444 e. The standard InChI is InChI=1S/C29H40ClN3O4/c1-8-9-12-18-33(27(35)21(4)31-28(36)37-29(5,6)7)25(22-16-11-10-14-19(22)2)26(34)32-24-20(3)15-13-17-23(24)30/h10-11,13-17,21,25H,8-9,12,18H2,1-7H3,(H,31,36)(H,32,34). The lowest BCUT2D eigenvalue weighted by Gasteiger charge is -2.34. The Morgan fingerprint density at radius 1 is 1.00 bits per heavy atom. The minimum absolute atomic E-state index is 0.348. The number of benzene rings is 2. The second-order valence-electron chi connectivity index (χ2n) is 10.3. The molecule has 0 aliphatic rings. The monoisotopic (exact) mass is 529 g/mol. The van der Waals surface area contributed by atoms with Crippen LogP contribution in [0.25, 0.3) is 0 Å². The molecule has 0 aliphatic heterocycles. The number of hydrogen-bond acceptors (Lipinski definition) is 4. The Morgan fingerprint density at radius 2 is 1.65 bits per heavy atom. The van der Waals surface area contributed by atoms with E-state index in [2.05, 4.69) is 17.6 Å². The molecule has 7 nitrogen and oxygen atoms in total. The van der Waals surface area contributed by atoms with Crippen LogP contribution in [-0.4, -0.2) is 41.0 Å². The van der Waals surface area contributed by atoms with Gasteiger partial charge in [-0.2, -0.15) is 0 Å². The molecule has 2 unspecified atom stereocenters. The molecule has 2 aromatic carbocycles. The van der Waals surface area contributed by atoms with Crippen molar-refractivity contribution < 1.29 is 19.1 Å². The van der Waals surface area contributed by atoms with Crippen molar-refractivity contribution in [3.63, 3.8) is 0 Å². The predicted molar refractivity (Wildman–Crippen MR) is 149 cm³/mol. The minimum atomic E-state index is -0.927. The Balaban J connectivity index is 2.48. The van der Waals surface area contributed by atoms with Crippen molar-refractivity contribution in [2.45, 2.75) is 85.4 Å². The van der Waals surface area contributed by atoms with Crippen molar-refractivity contribution in [3.05, 3.63) is 64.2 Å². The van der Waals surface area contributed by atoms with Gasteiger partial charge in [-0.15, -0.1) is 0 Å². The summed E-state index contributed by atoms with van der Waals surface area (Å²) >= 11 is 6.40. The molecule has 3 amide bonds. The molecule has 2 N–H and O–H groups in total. The summed E-state index contributed by atoms with van der Waals surface area (Å²) in [5.74, 6) is -0.749. The number of alkyl carbamates (subject to hydrolysis) is 1. The van der Waals surface area contributed by atoms with E-state index in [1.54, 1.807) is 38.7 Å². The maximum absolute atomic E-state index is 13.9. The SMILES string of the molecule is CCCCCN(C(=O)C(C)NC(=O)OC(C)(C)C)C(C(=O)Nc1c(C)cccc1Cl)c1ccccc1C. The van der Waals surface area contributed by atoms with Crippen LogP contribution in [-0.2, 0) is 14.3 Å². The molecule has 2 rings (SSSR count). The van der Waals surface area contributed by atoms with Gasteiger partial charge in [0.25, 0.3) is 5.91 Å². The lowest BCUT2D eigenvalue weighted by molar-refractivity contribution is -0.140. The van der Waals surface area contributed by atoms with Crippen LogP contribution in [0.3, 0.4) is 0 Å². The number of aryl methyl sites for hydroxylation is 2. The lowest BCUT2D eigenvalue weighted by Crippen LogP contribution is -2.51. The topological polar surface area (TPSA) is 87.7 Å². The van der Waals surface area contributed by atoms with Crippen LogP contribution in [0.1, 0.15) is 76.6 Å². The summed E-state index contributed by atoms with van der Waals surface area (Å²) in [4.78, 5) is 41.7. The molecule has 0 heterocycles. The highest BCUT2D eigenvalue weighted by atomic mass is 35.5. The van der Waals surface area contributed by atoms with Gasteiger partial charge in [0.2, 0.25) is 5.91 Å². The third kappa shape index (κ3) is 8.78. The Labute approximate surface area is 225 Å². The molecule has 202 valence electrons. The molecular formula is C29H40ClN3O4. The number of carbonyl (C=O) groups excluding carboxylic acids is 3. The van der Waals surface area contributed by atoms with Crippen molar-refractivity contribution in [2.24, 2.45) is 0 Å². The quantitative estimate of drug-likeness (QED) is 0.341. The molecule has 0 aromatic heterocycles. The van der Waals surface area contributed by atoms with E-state index in [-0.39, 0.29) is 11.8 Å². The first-order valence-corrected chi connectivity index (χ1v) is 13.1. The lowest BCUT2D eigenvalue weighted by atomic mass is 9.97. The van der Waals surface area contributed by atoms with E-state index in [9.17, 15) is 14.4 Å². The Bertz CT molecular complexity index is 1080. The molecular weight excluding hydrogens is 490 g/mol. The van der Waals surface area contributed by atoms with Gasteiger partial charge < -0.3 is 20.3 Å². The van der Waals surface area contributed by atoms with E-state index in [4.69, 9.17) is 16.3 Å². The maximum Gasteiger partial charge on any atom is 0.408 e. The zero-order valence-electron chi connectivity index (χ0n) is 23.0. The van der Waals surface area contributed by atoms with E-state index in [0.29, 0.717) is 29.2 Å².